The van der Waals surface area contributed by atoms with Crippen LogP contribution in [-0.2, 0) is 37.2 Å². The van der Waals surface area contributed by atoms with Gasteiger partial charge in [0.15, 0.2) is 5.82 Å². The molecule has 3 aromatic carbocycles. The number of ether oxygens (including phenoxy) is 1. The SMILES string of the molecule is Cc1ccc(NN2C(=O)C3CC4C(=CCC5C(=O)N(N(C)c6nc(C(F)(F)F)ccc6Cl)C(=O)C54)C(C4=COc5ccc(O)cc5C4)C3(c3ccccc3)C2=O)cc1. The number of hydrogen-bond donors (Lipinski definition) is 2. The summed E-state index contributed by atoms with van der Waals surface area (Å²) in [7, 11) is 1.25. The van der Waals surface area contributed by atoms with Crippen molar-refractivity contribution in [3.8, 4) is 11.5 Å². The molecule has 3 fully saturated rings. The van der Waals surface area contributed by atoms with Crippen LogP contribution in [0.25, 0.3) is 0 Å². The molecule has 5 aliphatic rings. The predicted octanol–water partition coefficient (Wildman–Crippen LogP) is 7.16. The monoisotopic (exact) mass is 809 g/mol. The molecule has 2 aliphatic carbocycles. The Labute approximate surface area is 335 Å². The molecule has 1 aromatic heterocycles. The Balaban J connectivity index is 1.18. The summed E-state index contributed by atoms with van der Waals surface area (Å²) < 4.78 is 47.4. The predicted molar refractivity (Wildman–Crippen MR) is 205 cm³/mol. The van der Waals surface area contributed by atoms with Gasteiger partial charge in [-0.05, 0) is 79.3 Å². The second-order valence-electron chi connectivity index (χ2n) is 15.4. The van der Waals surface area contributed by atoms with Crippen LogP contribution < -0.4 is 15.2 Å². The van der Waals surface area contributed by atoms with Crippen molar-refractivity contribution in [2.75, 3.05) is 17.5 Å². The van der Waals surface area contributed by atoms with Gasteiger partial charge in [-0.15, -0.1) is 0 Å². The summed E-state index contributed by atoms with van der Waals surface area (Å²) in [6.45, 7) is 1.92. The Morgan fingerprint density at radius 1 is 0.948 bits per heavy atom. The Morgan fingerprint density at radius 3 is 2.41 bits per heavy atom. The van der Waals surface area contributed by atoms with Crippen molar-refractivity contribution >= 4 is 46.7 Å². The minimum Gasteiger partial charge on any atom is -0.508 e. The molecular weight excluding hydrogens is 775 g/mol. The minimum atomic E-state index is -4.82. The van der Waals surface area contributed by atoms with E-state index in [1.807, 2.05) is 43.3 Å². The summed E-state index contributed by atoms with van der Waals surface area (Å²) in [6, 6.07) is 22.7. The number of carbonyl (C=O) groups excluding carboxylic acids is 4. The number of nitrogens with zero attached hydrogens (tertiary/aromatic N) is 4. The van der Waals surface area contributed by atoms with Crippen LogP contribution in [0.1, 0.15) is 35.2 Å². The van der Waals surface area contributed by atoms with Crippen molar-refractivity contribution in [2.45, 2.75) is 37.8 Å². The molecule has 58 heavy (non-hydrogen) atoms. The third-order valence-corrected chi connectivity index (χ3v) is 12.5. The van der Waals surface area contributed by atoms with Crippen molar-refractivity contribution in [1.82, 2.24) is 15.0 Å². The minimum absolute atomic E-state index is 0.000301. The van der Waals surface area contributed by atoms with Crippen molar-refractivity contribution < 1.29 is 42.2 Å². The number of fused-ring (bicyclic) bond motifs is 5. The van der Waals surface area contributed by atoms with Crippen LogP contribution >= 0.6 is 11.6 Å². The topological polar surface area (TPSA) is 132 Å². The highest BCUT2D eigenvalue weighted by molar-refractivity contribution is 6.33. The number of anilines is 2. The number of hydrazine groups is 2. The van der Waals surface area contributed by atoms with Gasteiger partial charge < -0.3 is 9.84 Å². The van der Waals surface area contributed by atoms with E-state index in [4.69, 9.17) is 16.3 Å². The first-order chi connectivity index (χ1) is 27.7. The number of carbonyl (C=O) groups is 4. The summed E-state index contributed by atoms with van der Waals surface area (Å²) in [5, 5.41) is 13.0. The van der Waals surface area contributed by atoms with Crippen LogP contribution in [0, 0.1) is 36.5 Å². The number of imide groups is 2. The van der Waals surface area contributed by atoms with Crippen molar-refractivity contribution in [2.24, 2.45) is 29.6 Å². The zero-order valence-electron chi connectivity index (χ0n) is 31.0. The van der Waals surface area contributed by atoms with Crippen molar-refractivity contribution in [3.05, 3.63) is 136 Å². The number of phenolic OH excluding ortho intramolecular Hbond substituents is 1. The molecule has 4 aromatic rings. The van der Waals surface area contributed by atoms with Gasteiger partial charge in [0.25, 0.3) is 23.6 Å². The van der Waals surface area contributed by atoms with Gasteiger partial charge in [-0.1, -0.05) is 71.3 Å². The van der Waals surface area contributed by atoms with E-state index < -0.39 is 76.3 Å². The summed E-state index contributed by atoms with van der Waals surface area (Å²) in [6.07, 6.45) is -1.09. The molecule has 4 amide bonds. The third-order valence-electron chi connectivity index (χ3n) is 12.2. The maximum absolute atomic E-state index is 15.4. The van der Waals surface area contributed by atoms with E-state index in [0.29, 0.717) is 39.8 Å². The van der Waals surface area contributed by atoms with Crippen LogP contribution in [-0.4, -0.2) is 50.8 Å². The van der Waals surface area contributed by atoms with Crippen LogP contribution in [0.3, 0.4) is 0 Å². The number of halogens is 4. The molecule has 2 N–H and O–H groups in total. The third kappa shape index (κ3) is 5.59. The molecule has 6 atom stereocenters. The highest BCUT2D eigenvalue weighted by Crippen LogP contribution is 2.63. The van der Waals surface area contributed by atoms with E-state index in [-0.39, 0.29) is 30.0 Å². The van der Waals surface area contributed by atoms with Crippen molar-refractivity contribution in [3.63, 3.8) is 0 Å². The number of aromatic hydroxyl groups is 1. The lowest BCUT2D eigenvalue weighted by Gasteiger charge is -2.51. The van der Waals surface area contributed by atoms with Crippen LogP contribution in [0.5, 0.6) is 11.5 Å². The molecule has 0 bridgehead atoms. The number of rotatable bonds is 6. The highest BCUT2D eigenvalue weighted by Gasteiger charge is 2.71. The van der Waals surface area contributed by atoms with Gasteiger partial charge in [0.05, 0.1) is 40.1 Å². The van der Waals surface area contributed by atoms with Gasteiger partial charge in [0.2, 0.25) is 0 Å². The zero-order valence-corrected chi connectivity index (χ0v) is 31.8. The fraction of sp³-hybridized carbons (Fsp3) is 0.279. The maximum Gasteiger partial charge on any atom is 0.433 e. The lowest BCUT2D eigenvalue weighted by Crippen LogP contribution is -2.55. The lowest BCUT2D eigenvalue weighted by atomic mass is 9.48. The first kappa shape index (κ1) is 37.4. The molecule has 2 saturated heterocycles. The van der Waals surface area contributed by atoms with Gasteiger partial charge in [0.1, 0.15) is 17.2 Å². The molecule has 15 heteroatoms. The van der Waals surface area contributed by atoms with Gasteiger partial charge in [0, 0.05) is 24.9 Å². The average Bonchev–Trinajstić information content (AvgIpc) is 3.58. The van der Waals surface area contributed by atoms with Gasteiger partial charge >= 0.3 is 6.18 Å². The van der Waals surface area contributed by atoms with Crippen LogP contribution in [0.15, 0.2) is 108 Å². The first-order valence-electron chi connectivity index (χ1n) is 18.7. The summed E-state index contributed by atoms with van der Waals surface area (Å²) in [5.74, 6) is -6.95. The Hall–Kier alpha value is -6.15. The Bertz CT molecular complexity index is 2480. The van der Waals surface area contributed by atoms with Crippen LogP contribution in [0.4, 0.5) is 24.7 Å². The number of nitrogens with one attached hydrogen (secondary N) is 1. The Kier molecular flexibility index (Phi) is 8.69. The molecule has 11 nitrogen and oxygen atoms in total. The number of pyridine rings is 1. The number of alkyl halides is 3. The second-order valence-corrected chi connectivity index (χ2v) is 15.8. The fourth-order valence-corrected chi connectivity index (χ4v) is 9.98. The summed E-state index contributed by atoms with van der Waals surface area (Å²) >= 11 is 6.33. The summed E-state index contributed by atoms with van der Waals surface area (Å²) in [4.78, 5) is 63.0. The first-order valence-corrected chi connectivity index (χ1v) is 19.1. The molecule has 4 heterocycles. The maximum atomic E-state index is 15.4. The number of phenols is 1. The molecule has 296 valence electrons. The van der Waals surface area contributed by atoms with E-state index in [9.17, 15) is 32.7 Å². The molecule has 9 rings (SSSR count). The van der Waals surface area contributed by atoms with E-state index in [0.717, 1.165) is 26.7 Å². The summed E-state index contributed by atoms with van der Waals surface area (Å²) in [5.41, 5.74) is 4.24. The average molecular weight is 810 g/mol. The number of aryl methyl sites for hydroxylation is 1. The second kappa shape index (κ2) is 13.5. The van der Waals surface area contributed by atoms with Crippen molar-refractivity contribution in [1.29, 1.82) is 0 Å². The molecule has 3 aliphatic heterocycles. The molecule has 0 radical (unpaired) electrons. The molecule has 6 unspecified atom stereocenters. The smallest absolute Gasteiger partial charge is 0.433 e. The lowest BCUT2D eigenvalue weighted by molar-refractivity contribution is -0.142. The quantitative estimate of drug-likeness (QED) is 0.154. The normalized spacial score (nSPS) is 26.3. The van der Waals surface area contributed by atoms with E-state index >= 15 is 4.79 Å². The number of amides is 4. The van der Waals surface area contributed by atoms with E-state index in [1.54, 1.807) is 42.7 Å². The number of allylic oxidation sites excluding steroid dienone is 3. The highest BCUT2D eigenvalue weighted by atomic mass is 35.5. The van der Waals surface area contributed by atoms with E-state index in [1.165, 1.54) is 13.1 Å². The molecular formula is C43H35ClF3N5O6. The fourth-order valence-electron chi connectivity index (χ4n) is 9.75. The number of benzene rings is 3. The molecule has 1 saturated carbocycles. The largest absolute Gasteiger partial charge is 0.508 e. The number of aromatic nitrogens is 1. The Morgan fingerprint density at radius 2 is 1.69 bits per heavy atom. The van der Waals surface area contributed by atoms with Gasteiger partial charge in [-0.25, -0.2) is 4.98 Å². The van der Waals surface area contributed by atoms with Gasteiger partial charge in [-0.2, -0.15) is 23.2 Å². The molecule has 0 spiro atoms. The number of hydrogen-bond acceptors (Lipinski definition) is 9. The van der Waals surface area contributed by atoms with E-state index in [2.05, 4.69) is 10.4 Å². The van der Waals surface area contributed by atoms with Gasteiger partial charge in [-0.3, -0.25) is 29.6 Å². The standard InChI is InChI=1S/C43H35ClF3N5O6/c1-22-8-10-26(11-9-22)49-51-39(55)31-20-30-28(13-14-29-35(30)40(56)52(38(29)54)50(2)37-32(44)15-17-34(48-37)43(45,46)47)36(42(31,41(51)57)25-6-4-3-5-7-25)24-18-23-19-27(53)12-16-33(23)58-21-24/h3-13,15-17,19,21,29-31,35-36,49,53H,14,18,20H2,1-2H3. The zero-order chi connectivity index (χ0) is 40.8. The van der Waals surface area contributed by atoms with Crippen LogP contribution in [0.2, 0.25) is 5.02 Å².